The van der Waals surface area contributed by atoms with Gasteiger partial charge in [0, 0.05) is 29.5 Å². The second-order valence-electron chi connectivity index (χ2n) is 19.8. The maximum atomic E-state index is 14.7. The van der Waals surface area contributed by atoms with Crippen LogP contribution in [0.3, 0.4) is 0 Å². The molecule has 19 heteroatoms. The van der Waals surface area contributed by atoms with Gasteiger partial charge in [-0.1, -0.05) is 67.5 Å². The molecule has 0 saturated carbocycles. The Hall–Kier alpha value is -4.98. The second-order valence-corrected chi connectivity index (χ2v) is 21.5. The van der Waals surface area contributed by atoms with Crippen LogP contribution in [0.1, 0.15) is 109 Å². The maximum absolute atomic E-state index is 14.7. The lowest BCUT2D eigenvalue weighted by Crippen LogP contribution is -2.77. The number of nitrogens with two attached hydrogens (primary N) is 4. The van der Waals surface area contributed by atoms with Gasteiger partial charge in [0.1, 0.15) is 44.0 Å². The number of rotatable bonds is 11. The summed E-state index contributed by atoms with van der Waals surface area (Å²) in [7, 11) is 0. The van der Waals surface area contributed by atoms with E-state index in [4.69, 9.17) is 42.4 Å². The average molecular weight is 904 g/mol. The first kappa shape index (κ1) is 44.6. The van der Waals surface area contributed by atoms with E-state index in [0.717, 1.165) is 5.56 Å². The number of hydrogen-bond acceptors (Lipinski definition) is 15. The van der Waals surface area contributed by atoms with Crippen molar-refractivity contribution in [3.05, 3.63) is 62.0 Å². The first-order valence-corrected chi connectivity index (χ1v) is 23.2. The SMILES string of the molecule is CC(C)C(C(=O)OC(N)=O)N1CCC2(C(N)=O)c3csc(n3)[C@]12C1CC(C)[C@@](C)([C@]23c4nc(cs4)C2(C(N)=O)CCN3C(C(=O)OC(N)=O)C(C)C)N1c1ccc(C(C)(C)C)cc1. The zero-order valence-corrected chi connectivity index (χ0v) is 38.7. The number of nitrogens with zero attached hydrogens (tertiary/aromatic N) is 5. The highest BCUT2D eigenvalue weighted by Crippen LogP contribution is 2.73. The number of carbonyl (C=O) groups excluding carboxylic acids is 6. The zero-order chi connectivity index (χ0) is 46.1. The van der Waals surface area contributed by atoms with Crippen molar-refractivity contribution in [2.24, 2.45) is 40.7 Å². The van der Waals surface area contributed by atoms with Gasteiger partial charge in [-0.05, 0) is 67.1 Å². The van der Waals surface area contributed by atoms with Gasteiger partial charge in [-0.25, -0.2) is 29.1 Å². The number of aromatic nitrogens is 2. The second kappa shape index (κ2) is 14.5. The summed E-state index contributed by atoms with van der Waals surface area (Å²) in [6.07, 6.45) is -1.80. The smallest absolute Gasteiger partial charge is 0.375 e. The topological polar surface area (TPSA) is 260 Å². The van der Waals surface area contributed by atoms with Crippen molar-refractivity contribution >= 4 is 64.3 Å². The number of primary amides is 4. The molecule has 3 saturated heterocycles. The molecular formula is C44H57N9O8S2. The van der Waals surface area contributed by atoms with Gasteiger partial charge in [-0.15, -0.1) is 22.7 Å². The quantitative estimate of drug-likeness (QED) is 0.158. The number of carbonyl (C=O) groups is 6. The van der Waals surface area contributed by atoms with E-state index in [-0.39, 0.29) is 31.3 Å². The molecule has 9 atom stereocenters. The zero-order valence-electron chi connectivity index (χ0n) is 37.1. The molecule has 0 spiro atoms. The summed E-state index contributed by atoms with van der Waals surface area (Å²) in [4.78, 5) is 98.9. The first-order valence-electron chi connectivity index (χ1n) is 21.4. The lowest BCUT2D eigenvalue weighted by Gasteiger charge is -2.62. The number of fused-ring (bicyclic) bond motifs is 10. The van der Waals surface area contributed by atoms with Crippen LogP contribution < -0.4 is 27.8 Å². The standard InChI is InChI=1S/C44H57N9O8S2/c1-21(2)29(31(54)60-37(47)58)51-16-14-41(33(45)56)26-19-62-35(49-26)43(41,51)28-18-23(5)40(9,53(28)25-12-10-24(11-13-25)39(6,7)8)44-36-50-27(20-63-36)42(44,34(46)57)15-17-52(44)30(22(3)4)32(55)61-38(48)59/h10-13,19-23,28-30H,14-18H2,1-9H3,(H2,45,56)(H2,46,57)(H2,47,58)(H2,48,59)/t23?,28?,29?,30?,40-,41?,42?,43-,44+/m0/s1. The summed E-state index contributed by atoms with van der Waals surface area (Å²) in [5.74, 6) is -4.35. The van der Waals surface area contributed by atoms with Crippen LogP contribution in [0.15, 0.2) is 35.0 Å². The highest BCUT2D eigenvalue weighted by molar-refractivity contribution is 7.10. The molecular weight excluding hydrogens is 847 g/mol. The number of benzene rings is 1. The van der Waals surface area contributed by atoms with Crippen molar-refractivity contribution in [2.45, 2.75) is 133 Å². The van der Waals surface area contributed by atoms with Crippen molar-refractivity contribution in [1.82, 2.24) is 19.8 Å². The molecule has 3 fully saturated rings. The minimum atomic E-state index is -1.49. The molecule has 8 N–H and O–H groups in total. The summed E-state index contributed by atoms with van der Waals surface area (Å²) < 4.78 is 10.3. The van der Waals surface area contributed by atoms with Crippen molar-refractivity contribution in [3.8, 4) is 0 Å². The molecule has 338 valence electrons. The number of esters is 2. The van der Waals surface area contributed by atoms with Crippen LogP contribution in [0.2, 0.25) is 0 Å². The third-order valence-corrected chi connectivity index (χ3v) is 17.3. The Morgan fingerprint density at radius 2 is 1.22 bits per heavy atom. The highest BCUT2D eigenvalue weighted by Gasteiger charge is 2.84. The lowest BCUT2D eigenvalue weighted by atomic mass is 9.57. The van der Waals surface area contributed by atoms with Gasteiger partial charge in [0.05, 0.1) is 23.0 Å². The van der Waals surface area contributed by atoms with Gasteiger partial charge >= 0.3 is 24.1 Å². The molecule has 4 bridgehead atoms. The molecule has 8 rings (SSSR count). The number of anilines is 1. The normalized spacial score (nSPS) is 31.9. The van der Waals surface area contributed by atoms with Gasteiger partial charge in [-0.2, -0.15) is 0 Å². The minimum absolute atomic E-state index is 0.185. The number of amides is 4. The summed E-state index contributed by atoms with van der Waals surface area (Å²) in [6, 6.07) is 5.21. The Kier molecular flexibility index (Phi) is 10.3. The van der Waals surface area contributed by atoms with Gasteiger partial charge in [0.15, 0.2) is 0 Å². The number of thiazole rings is 2. The van der Waals surface area contributed by atoms with Crippen molar-refractivity contribution in [1.29, 1.82) is 0 Å². The average Bonchev–Trinajstić information content (AvgIpc) is 4.03. The number of ether oxygens (including phenoxy) is 2. The summed E-state index contributed by atoms with van der Waals surface area (Å²) in [5, 5.41) is 4.79. The van der Waals surface area contributed by atoms with Crippen LogP contribution in [0.25, 0.3) is 0 Å². The van der Waals surface area contributed by atoms with Crippen molar-refractivity contribution in [2.75, 3.05) is 18.0 Å². The Labute approximate surface area is 374 Å². The van der Waals surface area contributed by atoms with Gasteiger partial charge in [-0.3, -0.25) is 19.4 Å². The monoisotopic (exact) mass is 903 g/mol. The lowest BCUT2D eigenvalue weighted by molar-refractivity contribution is -0.153. The third-order valence-electron chi connectivity index (χ3n) is 15.4. The molecule has 17 nitrogen and oxygen atoms in total. The Bertz CT molecular complexity index is 2430. The number of likely N-dealkylation sites (tertiary alicyclic amines) is 2. The van der Waals surface area contributed by atoms with E-state index in [1.165, 1.54) is 22.7 Å². The predicted octanol–water partition coefficient (Wildman–Crippen LogP) is 3.84. The molecule has 2 aromatic heterocycles. The molecule has 6 unspecified atom stereocenters. The predicted molar refractivity (Wildman–Crippen MR) is 234 cm³/mol. The highest BCUT2D eigenvalue weighted by atomic mass is 32.1. The van der Waals surface area contributed by atoms with E-state index in [0.29, 0.717) is 33.5 Å². The molecule has 7 heterocycles. The van der Waals surface area contributed by atoms with Gasteiger partial charge in [0.25, 0.3) is 0 Å². The van der Waals surface area contributed by atoms with E-state index in [2.05, 4.69) is 51.7 Å². The molecule has 3 aromatic rings. The van der Waals surface area contributed by atoms with Crippen molar-refractivity contribution < 1.29 is 38.2 Å². The summed E-state index contributed by atoms with van der Waals surface area (Å²) in [6.45, 7) is 18.2. The third kappa shape index (κ3) is 5.45. The van der Waals surface area contributed by atoms with E-state index in [9.17, 15) is 28.8 Å². The molecule has 63 heavy (non-hydrogen) atoms. The Morgan fingerprint density at radius 3 is 1.73 bits per heavy atom. The fourth-order valence-electron chi connectivity index (χ4n) is 13.0. The molecule has 4 amide bonds. The van der Waals surface area contributed by atoms with Gasteiger partial charge in [0.2, 0.25) is 11.8 Å². The van der Waals surface area contributed by atoms with Crippen LogP contribution in [0.5, 0.6) is 0 Å². The minimum Gasteiger partial charge on any atom is -0.375 e. The fourth-order valence-corrected chi connectivity index (χ4v) is 15.5. The largest absolute Gasteiger partial charge is 0.412 e. The van der Waals surface area contributed by atoms with E-state index in [1.54, 1.807) is 0 Å². The van der Waals surface area contributed by atoms with Crippen LogP contribution in [-0.4, -0.2) is 92.5 Å². The van der Waals surface area contributed by atoms with Crippen LogP contribution >= 0.6 is 22.7 Å². The van der Waals surface area contributed by atoms with E-state index >= 15 is 0 Å². The fraction of sp³-hybridized carbons (Fsp3) is 0.591. The van der Waals surface area contributed by atoms with Crippen LogP contribution in [0, 0.1) is 17.8 Å². The summed E-state index contributed by atoms with van der Waals surface area (Å²) in [5.41, 5.74) is 19.7. The van der Waals surface area contributed by atoms with Gasteiger partial charge < -0.3 is 37.3 Å². The Balaban J connectivity index is 1.48. The van der Waals surface area contributed by atoms with Crippen LogP contribution in [-0.2, 0) is 56.0 Å². The summed E-state index contributed by atoms with van der Waals surface area (Å²) >= 11 is 2.72. The molecule has 5 aliphatic heterocycles. The van der Waals surface area contributed by atoms with Crippen LogP contribution in [0.4, 0.5) is 15.3 Å². The number of hydrogen-bond donors (Lipinski definition) is 4. The first-order chi connectivity index (χ1) is 29.4. The molecule has 0 radical (unpaired) electrons. The van der Waals surface area contributed by atoms with E-state index < -0.39 is 99.3 Å². The Morgan fingerprint density at radius 1 is 0.746 bits per heavy atom. The molecule has 5 aliphatic rings. The van der Waals surface area contributed by atoms with Crippen molar-refractivity contribution in [3.63, 3.8) is 0 Å². The molecule has 0 aliphatic carbocycles. The van der Waals surface area contributed by atoms with E-state index in [1.807, 2.05) is 60.4 Å². The molecule has 1 aromatic carbocycles. The maximum Gasteiger partial charge on any atom is 0.412 e.